The monoisotopic (exact) mass is 684 g/mol. The van der Waals surface area contributed by atoms with Gasteiger partial charge in [-0.25, -0.2) is 16.8 Å². The number of hydrogen-bond donors (Lipinski definition) is 2. The van der Waals surface area contributed by atoms with Crippen molar-refractivity contribution in [3.63, 3.8) is 0 Å². The fourth-order valence-electron chi connectivity index (χ4n) is 5.73. The van der Waals surface area contributed by atoms with E-state index in [2.05, 4.69) is 10.6 Å². The number of hydrogen-bond acceptors (Lipinski definition) is 8. The molecule has 0 aliphatic carbocycles. The Bertz CT molecular complexity index is 1720. The van der Waals surface area contributed by atoms with E-state index in [0.29, 0.717) is 56.6 Å². The number of anilines is 2. The van der Waals surface area contributed by atoms with Crippen LogP contribution in [0.1, 0.15) is 36.8 Å². The number of carbonyl (C=O) groups excluding carboxylic acids is 2. The summed E-state index contributed by atoms with van der Waals surface area (Å²) in [6, 6.07) is 19.8. The largest absolute Gasteiger partial charge is 0.325 e. The van der Waals surface area contributed by atoms with Crippen molar-refractivity contribution in [2.45, 2.75) is 52.6 Å². The van der Waals surface area contributed by atoms with E-state index in [4.69, 9.17) is 0 Å². The fourth-order valence-corrected chi connectivity index (χ4v) is 11.3. The van der Waals surface area contributed by atoms with Gasteiger partial charge in [-0.3, -0.25) is 9.59 Å². The van der Waals surface area contributed by atoms with Gasteiger partial charge in [0.2, 0.25) is 11.8 Å². The quantitative estimate of drug-likeness (QED) is 0.242. The van der Waals surface area contributed by atoms with E-state index in [1.165, 1.54) is 8.61 Å². The average molecular weight is 685 g/mol. The molecule has 2 aliphatic rings. The topological polar surface area (TPSA) is 133 Å². The SMILES string of the molecule is O=C(Nc1ccc(Cc2ccc(NC(=O)C3CCCN3S(=O)(=O)c3cccs3)cc2)cc1)C1CCCN1S(=O)(=O)c1cccs1. The number of rotatable bonds is 10. The third-order valence-electron chi connectivity index (χ3n) is 7.98. The maximum absolute atomic E-state index is 13.1. The predicted molar refractivity (Wildman–Crippen MR) is 175 cm³/mol. The highest BCUT2D eigenvalue weighted by Crippen LogP contribution is 2.31. The molecule has 2 amide bonds. The van der Waals surface area contributed by atoms with Crippen LogP contribution in [0.5, 0.6) is 0 Å². The summed E-state index contributed by atoms with van der Waals surface area (Å²) in [6.07, 6.45) is 2.81. The lowest BCUT2D eigenvalue weighted by Crippen LogP contribution is -2.42. The van der Waals surface area contributed by atoms with Gasteiger partial charge in [0.15, 0.2) is 0 Å². The van der Waals surface area contributed by atoms with E-state index in [1.807, 2.05) is 24.3 Å². The first-order chi connectivity index (χ1) is 21.6. The molecule has 4 heterocycles. The molecule has 2 aromatic carbocycles. The summed E-state index contributed by atoms with van der Waals surface area (Å²) in [6.45, 7) is 0.631. The molecule has 0 radical (unpaired) electrons. The first kappa shape index (κ1) is 31.6. The number of nitrogens with one attached hydrogen (secondary N) is 2. The molecule has 14 heteroatoms. The summed E-state index contributed by atoms with van der Waals surface area (Å²) in [7, 11) is -7.43. The van der Waals surface area contributed by atoms with E-state index in [-0.39, 0.29) is 20.2 Å². The van der Waals surface area contributed by atoms with Gasteiger partial charge in [0.05, 0.1) is 0 Å². The number of amides is 2. The van der Waals surface area contributed by atoms with Gasteiger partial charge in [-0.1, -0.05) is 36.4 Å². The number of sulfonamides is 2. The maximum atomic E-state index is 13.1. The Kier molecular flexibility index (Phi) is 9.22. The lowest BCUT2D eigenvalue weighted by atomic mass is 10.0. The molecule has 0 saturated carbocycles. The molecule has 2 fully saturated rings. The van der Waals surface area contributed by atoms with E-state index in [9.17, 15) is 26.4 Å². The highest BCUT2D eigenvalue weighted by molar-refractivity contribution is 7.91. The van der Waals surface area contributed by atoms with Gasteiger partial charge in [0.25, 0.3) is 20.0 Å². The minimum absolute atomic E-state index is 0.239. The highest BCUT2D eigenvalue weighted by Gasteiger charge is 2.41. The van der Waals surface area contributed by atoms with Crippen molar-refractivity contribution in [3.05, 3.63) is 94.7 Å². The van der Waals surface area contributed by atoms with Crippen LogP contribution in [0.3, 0.4) is 0 Å². The second kappa shape index (κ2) is 13.1. The number of nitrogens with zero attached hydrogens (tertiary/aromatic N) is 2. The summed E-state index contributed by atoms with van der Waals surface area (Å²) in [4.78, 5) is 26.1. The van der Waals surface area contributed by atoms with Crippen LogP contribution in [0.15, 0.2) is 92.0 Å². The fraction of sp³-hybridized carbons (Fsp3) is 0.290. The molecule has 10 nitrogen and oxygen atoms in total. The Morgan fingerprint density at radius 3 is 1.40 bits per heavy atom. The number of benzene rings is 2. The Balaban J connectivity index is 1.03. The Labute approximate surface area is 270 Å². The van der Waals surface area contributed by atoms with Crippen LogP contribution in [-0.2, 0) is 36.1 Å². The minimum atomic E-state index is -3.71. The summed E-state index contributed by atoms with van der Waals surface area (Å²) in [5.74, 6) is -0.689. The molecular formula is C31H32N4O6S4. The lowest BCUT2D eigenvalue weighted by Gasteiger charge is -2.22. The van der Waals surface area contributed by atoms with Gasteiger partial charge >= 0.3 is 0 Å². The average Bonchev–Trinajstić information content (AvgIpc) is 3.86. The zero-order chi connectivity index (χ0) is 31.6. The van der Waals surface area contributed by atoms with E-state index < -0.39 is 32.1 Å². The Morgan fingerprint density at radius 2 is 1.04 bits per heavy atom. The van der Waals surface area contributed by atoms with Gasteiger partial charge in [-0.2, -0.15) is 8.61 Å². The standard InChI is InChI=1S/C31H32N4O6S4/c36-30(26-5-1-17-34(26)44(38,39)28-7-3-19-42-28)32-24-13-9-22(10-14-24)21-23-11-15-25(16-12-23)33-31(37)27-6-2-18-35(27)45(40,41)29-8-4-20-43-29/h3-4,7-16,19-20,26-27H,1-2,5-6,17-18,21H2,(H,32,36)(H,33,37). The predicted octanol–water partition coefficient (Wildman–Crippen LogP) is 4.98. The van der Waals surface area contributed by atoms with E-state index >= 15 is 0 Å². The minimum Gasteiger partial charge on any atom is -0.325 e. The van der Waals surface area contributed by atoms with Crippen LogP contribution in [0, 0.1) is 0 Å². The summed E-state index contributed by atoms with van der Waals surface area (Å²) < 4.78 is 55.1. The molecule has 0 spiro atoms. The lowest BCUT2D eigenvalue weighted by molar-refractivity contribution is -0.119. The molecule has 45 heavy (non-hydrogen) atoms. The molecule has 236 valence electrons. The van der Waals surface area contributed by atoms with Crippen LogP contribution in [0.25, 0.3) is 0 Å². The van der Waals surface area contributed by atoms with Crippen molar-refractivity contribution < 1.29 is 26.4 Å². The Morgan fingerprint density at radius 1 is 0.644 bits per heavy atom. The van der Waals surface area contributed by atoms with Gasteiger partial charge < -0.3 is 10.6 Å². The van der Waals surface area contributed by atoms with Crippen molar-refractivity contribution >= 4 is 65.9 Å². The molecule has 2 N–H and O–H groups in total. The maximum Gasteiger partial charge on any atom is 0.253 e. The first-order valence-corrected chi connectivity index (χ1v) is 19.2. The van der Waals surface area contributed by atoms with Gasteiger partial charge in [-0.05, 0) is 90.4 Å². The van der Waals surface area contributed by atoms with Crippen molar-refractivity contribution in [1.82, 2.24) is 8.61 Å². The van der Waals surface area contributed by atoms with Crippen LogP contribution in [-0.4, -0.2) is 62.4 Å². The summed E-state index contributed by atoms with van der Waals surface area (Å²) in [5.41, 5.74) is 3.19. The number of thiophene rings is 2. The first-order valence-electron chi connectivity index (χ1n) is 14.5. The smallest absolute Gasteiger partial charge is 0.253 e. The zero-order valence-electron chi connectivity index (χ0n) is 24.2. The van der Waals surface area contributed by atoms with Crippen LogP contribution >= 0.6 is 22.7 Å². The molecule has 2 aliphatic heterocycles. The number of carbonyl (C=O) groups is 2. The Hall–Kier alpha value is -3.40. The van der Waals surface area contributed by atoms with Gasteiger partial charge in [0, 0.05) is 24.5 Å². The second-order valence-electron chi connectivity index (χ2n) is 11.0. The van der Waals surface area contributed by atoms with E-state index in [0.717, 1.165) is 33.8 Å². The van der Waals surface area contributed by atoms with Gasteiger partial charge in [-0.15, -0.1) is 22.7 Å². The third-order valence-corrected chi connectivity index (χ3v) is 14.5. The summed E-state index contributed by atoms with van der Waals surface area (Å²) >= 11 is 2.29. The normalized spacial score (nSPS) is 19.5. The van der Waals surface area contributed by atoms with Crippen molar-refractivity contribution in [2.24, 2.45) is 0 Å². The van der Waals surface area contributed by atoms with Crippen molar-refractivity contribution in [2.75, 3.05) is 23.7 Å². The highest BCUT2D eigenvalue weighted by atomic mass is 32.3. The molecule has 0 bridgehead atoms. The molecule has 2 aromatic heterocycles. The second-order valence-corrected chi connectivity index (χ2v) is 17.1. The van der Waals surface area contributed by atoms with Crippen LogP contribution in [0.2, 0.25) is 0 Å². The molecule has 2 atom stereocenters. The van der Waals surface area contributed by atoms with Crippen LogP contribution < -0.4 is 10.6 Å². The summed E-state index contributed by atoms with van der Waals surface area (Å²) in [5, 5.41) is 9.15. The van der Waals surface area contributed by atoms with E-state index in [1.54, 1.807) is 59.3 Å². The van der Waals surface area contributed by atoms with Crippen molar-refractivity contribution in [1.29, 1.82) is 0 Å². The molecule has 6 rings (SSSR count). The molecule has 4 aromatic rings. The molecule has 2 saturated heterocycles. The third kappa shape index (κ3) is 6.76. The molecular weight excluding hydrogens is 653 g/mol. The van der Waals surface area contributed by atoms with Gasteiger partial charge in [0.1, 0.15) is 20.5 Å². The zero-order valence-corrected chi connectivity index (χ0v) is 27.4. The van der Waals surface area contributed by atoms with Crippen LogP contribution in [0.4, 0.5) is 11.4 Å². The van der Waals surface area contributed by atoms with Crippen molar-refractivity contribution in [3.8, 4) is 0 Å². The molecule has 2 unspecified atom stereocenters.